The molecule has 1 aliphatic rings. The molecular formula is C16H28N2S. The van der Waals surface area contributed by atoms with E-state index in [1.807, 2.05) is 11.3 Å². The molecule has 1 N–H and O–H groups in total. The van der Waals surface area contributed by atoms with Gasteiger partial charge in [-0.3, -0.25) is 0 Å². The molecule has 0 aliphatic heterocycles. The molecule has 0 fully saturated rings. The first kappa shape index (κ1) is 15.0. The van der Waals surface area contributed by atoms with Gasteiger partial charge in [-0.2, -0.15) is 0 Å². The van der Waals surface area contributed by atoms with Crippen molar-refractivity contribution in [3.05, 3.63) is 15.6 Å². The van der Waals surface area contributed by atoms with Gasteiger partial charge in [0.1, 0.15) is 0 Å². The summed E-state index contributed by atoms with van der Waals surface area (Å²) in [5, 5.41) is 5.05. The Balaban J connectivity index is 2.22. The number of aromatic nitrogens is 1. The van der Waals surface area contributed by atoms with Crippen LogP contribution < -0.4 is 5.32 Å². The van der Waals surface area contributed by atoms with Crippen LogP contribution in [-0.2, 0) is 12.8 Å². The lowest BCUT2D eigenvalue weighted by molar-refractivity contribution is 0.258. The first-order valence-electron chi connectivity index (χ1n) is 7.63. The molecule has 0 amide bonds. The van der Waals surface area contributed by atoms with Gasteiger partial charge >= 0.3 is 0 Å². The van der Waals surface area contributed by atoms with Crippen molar-refractivity contribution in [1.82, 2.24) is 10.3 Å². The van der Waals surface area contributed by atoms with E-state index in [9.17, 15) is 0 Å². The predicted octanol–water partition coefficient (Wildman–Crippen LogP) is 4.35. The van der Waals surface area contributed by atoms with E-state index in [-0.39, 0.29) is 0 Å². The Bertz CT molecular complexity index is 420. The maximum absolute atomic E-state index is 4.92. The molecule has 2 nitrogen and oxygen atoms in total. The molecule has 1 heterocycles. The summed E-state index contributed by atoms with van der Waals surface area (Å²) in [6.45, 7) is 12.6. The molecule has 1 atom stereocenters. The number of fused-ring (bicyclic) bond motifs is 1. The van der Waals surface area contributed by atoms with Crippen LogP contribution in [0.3, 0.4) is 0 Å². The van der Waals surface area contributed by atoms with Gasteiger partial charge in [-0.1, -0.05) is 34.6 Å². The number of thiazole rings is 1. The Hall–Kier alpha value is -0.410. The molecular weight excluding hydrogens is 252 g/mol. The van der Waals surface area contributed by atoms with E-state index in [0.29, 0.717) is 17.4 Å². The number of hydrogen-bond acceptors (Lipinski definition) is 3. The third-order valence-corrected chi connectivity index (χ3v) is 4.95. The van der Waals surface area contributed by atoms with E-state index in [4.69, 9.17) is 4.98 Å². The lowest BCUT2D eigenvalue weighted by Crippen LogP contribution is -2.33. The van der Waals surface area contributed by atoms with Gasteiger partial charge in [0.05, 0.1) is 10.7 Å². The summed E-state index contributed by atoms with van der Waals surface area (Å²) in [7, 11) is 0. The van der Waals surface area contributed by atoms with Crippen LogP contribution in [0, 0.1) is 11.3 Å². The fourth-order valence-electron chi connectivity index (χ4n) is 2.90. The van der Waals surface area contributed by atoms with Crippen molar-refractivity contribution < 1.29 is 0 Å². The largest absolute Gasteiger partial charge is 0.309 e. The minimum atomic E-state index is 0.377. The standard InChI is InChI=1S/C16H28N2S/c1-6-7-17-12-9-16(4,5)10-13-15(12)19-14(18-13)8-11(2)3/h11-12,17H,6-10H2,1-5H3. The fourth-order valence-corrected chi connectivity index (χ4v) is 4.27. The summed E-state index contributed by atoms with van der Waals surface area (Å²) < 4.78 is 0. The summed E-state index contributed by atoms with van der Waals surface area (Å²) in [6, 6.07) is 0.525. The Morgan fingerprint density at radius 2 is 2.16 bits per heavy atom. The molecule has 108 valence electrons. The van der Waals surface area contributed by atoms with Crippen molar-refractivity contribution in [3.63, 3.8) is 0 Å². The van der Waals surface area contributed by atoms with Crippen molar-refractivity contribution in [1.29, 1.82) is 0 Å². The molecule has 2 rings (SSSR count). The molecule has 1 aromatic rings. The molecule has 0 spiro atoms. The SMILES string of the molecule is CCCNC1CC(C)(C)Cc2nc(CC(C)C)sc21. The Morgan fingerprint density at radius 1 is 1.42 bits per heavy atom. The smallest absolute Gasteiger partial charge is 0.0934 e. The van der Waals surface area contributed by atoms with Crippen molar-refractivity contribution in [3.8, 4) is 0 Å². The van der Waals surface area contributed by atoms with Gasteiger partial charge in [0.25, 0.3) is 0 Å². The van der Waals surface area contributed by atoms with E-state index in [1.54, 1.807) is 0 Å². The summed E-state index contributed by atoms with van der Waals surface area (Å²) in [6.07, 6.45) is 4.70. The van der Waals surface area contributed by atoms with Crippen LogP contribution in [0.15, 0.2) is 0 Å². The number of hydrogen-bond donors (Lipinski definition) is 1. The molecule has 1 aromatic heterocycles. The lowest BCUT2D eigenvalue weighted by atomic mass is 9.76. The molecule has 0 aromatic carbocycles. The van der Waals surface area contributed by atoms with Crippen molar-refractivity contribution in [2.24, 2.45) is 11.3 Å². The monoisotopic (exact) mass is 280 g/mol. The van der Waals surface area contributed by atoms with Crippen LogP contribution in [0.1, 0.15) is 69.1 Å². The topological polar surface area (TPSA) is 24.9 Å². The van der Waals surface area contributed by atoms with E-state index >= 15 is 0 Å². The van der Waals surface area contributed by atoms with Crippen LogP contribution in [0.2, 0.25) is 0 Å². The average Bonchev–Trinajstić information content (AvgIpc) is 2.65. The van der Waals surface area contributed by atoms with Crippen LogP contribution >= 0.6 is 11.3 Å². The maximum Gasteiger partial charge on any atom is 0.0934 e. The lowest BCUT2D eigenvalue weighted by Gasteiger charge is -2.34. The van der Waals surface area contributed by atoms with E-state index in [2.05, 4.69) is 39.9 Å². The first-order valence-corrected chi connectivity index (χ1v) is 8.45. The Morgan fingerprint density at radius 3 is 2.79 bits per heavy atom. The number of nitrogens with one attached hydrogen (secondary N) is 1. The van der Waals surface area contributed by atoms with Gasteiger partial charge in [-0.05, 0) is 37.1 Å². The van der Waals surface area contributed by atoms with Crippen molar-refractivity contribution in [2.45, 2.75) is 66.3 Å². The highest BCUT2D eigenvalue weighted by atomic mass is 32.1. The molecule has 3 heteroatoms. The fraction of sp³-hybridized carbons (Fsp3) is 0.812. The van der Waals surface area contributed by atoms with Gasteiger partial charge in [0.2, 0.25) is 0 Å². The molecule has 0 radical (unpaired) electrons. The van der Waals surface area contributed by atoms with Gasteiger partial charge in [-0.25, -0.2) is 4.98 Å². The molecule has 19 heavy (non-hydrogen) atoms. The second-order valence-corrected chi connectivity index (χ2v) is 8.18. The Kier molecular flexibility index (Phi) is 4.67. The zero-order chi connectivity index (χ0) is 14.0. The van der Waals surface area contributed by atoms with Gasteiger partial charge in [-0.15, -0.1) is 11.3 Å². The van der Waals surface area contributed by atoms with E-state index in [0.717, 1.165) is 19.4 Å². The van der Waals surface area contributed by atoms with Gasteiger partial charge < -0.3 is 5.32 Å². The van der Waals surface area contributed by atoms with Crippen LogP contribution in [-0.4, -0.2) is 11.5 Å². The Labute approximate surface area is 122 Å². The minimum Gasteiger partial charge on any atom is -0.309 e. The molecule has 0 saturated heterocycles. The maximum atomic E-state index is 4.92. The summed E-state index contributed by atoms with van der Waals surface area (Å²) >= 11 is 1.95. The number of rotatable bonds is 5. The molecule has 0 bridgehead atoms. The zero-order valence-electron chi connectivity index (χ0n) is 13.0. The van der Waals surface area contributed by atoms with Gasteiger partial charge in [0.15, 0.2) is 0 Å². The van der Waals surface area contributed by atoms with E-state index in [1.165, 1.54) is 28.4 Å². The van der Waals surface area contributed by atoms with Crippen LogP contribution in [0.4, 0.5) is 0 Å². The zero-order valence-corrected chi connectivity index (χ0v) is 13.9. The van der Waals surface area contributed by atoms with Crippen molar-refractivity contribution >= 4 is 11.3 Å². The highest BCUT2D eigenvalue weighted by molar-refractivity contribution is 7.11. The minimum absolute atomic E-state index is 0.377. The predicted molar refractivity (Wildman–Crippen MR) is 83.8 cm³/mol. The summed E-state index contributed by atoms with van der Waals surface area (Å²) in [4.78, 5) is 6.44. The van der Waals surface area contributed by atoms with E-state index < -0.39 is 0 Å². The first-order chi connectivity index (χ1) is 8.91. The normalized spacial score (nSPS) is 21.7. The quantitative estimate of drug-likeness (QED) is 0.867. The third kappa shape index (κ3) is 3.79. The van der Waals surface area contributed by atoms with Crippen molar-refractivity contribution in [2.75, 3.05) is 6.54 Å². The van der Waals surface area contributed by atoms with Crippen LogP contribution in [0.25, 0.3) is 0 Å². The summed E-state index contributed by atoms with van der Waals surface area (Å²) in [5.41, 5.74) is 1.74. The molecule has 1 unspecified atom stereocenters. The van der Waals surface area contributed by atoms with Gasteiger partial charge in [0, 0.05) is 17.3 Å². The van der Waals surface area contributed by atoms with Crippen LogP contribution in [0.5, 0.6) is 0 Å². The second kappa shape index (κ2) is 5.92. The molecule has 1 aliphatic carbocycles. The number of nitrogens with zero attached hydrogens (tertiary/aromatic N) is 1. The third-order valence-electron chi connectivity index (χ3n) is 3.71. The highest BCUT2D eigenvalue weighted by Crippen LogP contribution is 2.43. The summed E-state index contributed by atoms with van der Waals surface area (Å²) in [5.74, 6) is 0.697. The highest BCUT2D eigenvalue weighted by Gasteiger charge is 2.34. The molecule has 0 saturated carbocycles. The average molecular weight is 280 g/mol. The second-order valence-electron chi connectivity index (χ2n) is 7.07.